The Labute approximate surface area is 531 Å². The van der Waals surface area contributed by atoms with E-state index in [0.29, 0.717) is 0 Å². The normalized spacial score (nSPS) is 12.2. The number of hydrogen-bond acceptors (Lipinski definition) is 5. The second-order valence-electron chi connectivity index (χ2n) is 22.1. The van der Waals surface area contributed by atoms with Gasteiger partial charge >= 0.3 is 19.5 Å². The molecule has 0 amide bonds. The number of methoxy groups -OCH3 is 1. The fourth-order valence-electron chi connectivity index (χ4n) is 12.5. The van der Waals surface area contributed by atoms with Gasteiger partial charge in [0.2, 0.25) is 0 Å². The summed E-state index contributed by atoms with van der Waals surface area (Å²) in [7, 11) is 1.69. The topological polar surface area (TPSA) is 121 Å². The van der Waals surface area contributed by atoms with Crippen LogP contribution in [-0.2, 0) is 25.9 Å². The summed E-state index contributed by atoms with van der Waals surface area (Å²) in [6, 6.07) is 65.3. The minimum atomic E-state index is 0. The number of rotatable bonds is 12. The first-order valence-corrected chi connectivity index (χ1v) is 30.5. The molecule has 0 saturated carbocycles. The van der Waals surface area contributed by atoms with Gasteiger partial charge in [-0.2, -0.15) is 0 Å². The van der Waals surface area contributed by atoms with Crippen LogP contribution in [0.2, 0.25) is 0 Å². The molecule has 0 unspecified atom stereocenters. The van der Waals surface area contributed by atoms with E-state index in [1.54, 1.807) is 7.11 Å². The number of nitrogens with zero attached hydrogens (tertiary/aromatic N) is 6. The molecule has 5 aromatic carbocycles. The minimum absolute atomic E-state index is 0. The molecule has 15 rings (SSSR count). The van der Waals surface area contributed by atoms with Gasteiger partial charge in [-0.3, -0.25) is 0 Å². The van der Waals surface area contributed by atoms with E-state index in [-0.39, 0.29) is 19.5 Å². The SMILES string of the molecule is CCCCCCc1c2nc(c(-c3cc4[n-]c3c(-c3ccccc3)c3nc(c(-c5ccccc5)c5ccc([n-]5)c(-c5ccccc5)c5nc(c4-c4ccccc4)C=C5)C=C3)c3ccc([nH]3)c(-c3ccc(OC)cc3)c3nc(c(Br)c4ccc1[nH]4)C=C3)C=C2.[Zn+2]. The summed E-state index contributed by atoms with van der Waals surface area (Å²) in [5.41, 5.74) is 25.6. The van der Waals surface area contributed by atoms with E-state index in [4.69, 9.17) is 34.6 Å². The van der Waals surface area contributed by atoms with Gasteiger partial charge in [0.15, 0.2) is 0 Å². The first-order valence-electron chi connectivity index (χ1n) is 29.7. The van der Waals surface area contributed by atoms with Gasteiger partial charge in [-0.25, -0.2) is 19.9 Å². The summed E-state index contributed by atoms with van der Waals surface area (Å²) in [4.78, 5) is 41.8. The van der Waals surface area contributed by atoms with Crippen molar-refractivity contribution in [2.75, 3.05) is 7.11 Å². The molecule has 11 aromatic rings. The molecule has 11 heteroatoms. The second-order valence-corrected chi connectivity index (χ2v) is 22.9. The van der Waals surface area contributed by atoms with Crippen LogP contribution in [0.4, 0.5) is 0 Å². The maximum atomic E-state index is 5.98. The number of H-pyrrole nitrogens is 2. The second kappa shape index (κ2) is 24.2. The van der Waals surface area contributed by atoms with Crippen LogP contribution in [0.3, 0.4) is 0 Å². The molecular formula is C77H57BrN8OZn. The van der Waals surface area contributed by atoms with E-state index in [9.17, 15) is 0 Å². The minimum Gasteiger partial charge on any atom is -0.657 e. The molecule has 0 fully saturated rings. The standard InChI is InChI=1S/C77H57BrN8O.Zn/c1-3-4-5-18-27-53-55-32-34-65(79-55)75(66-42-40-61(84-66)72(51-28-30-52(87-2)31-29-51)62-43-45-68(85-62)76(78)67-44-33-56(53)80-67)54-46-69-73(49-23-14-8-15-24-49)63-38-37-59(82-63)70(47-19-10-6-11-20-47)57-35-36-58(81-57)71(48-21-12-7-13-22-48)60-39-41-64(83-60)74(77(54)86-69)50-25-16-9-17-26-50;/h6-17,19-26,28-46,80,84H,3-5,18,27H2,1-2H3;/q-2;+2. The fraction of sp³-hybridized carbons (Fsp3) is 0.0909. The summed E-state index contributed by atoms with van der Waals surface area (Å²) in [6.45, 7) is 2.26. The Morgan fingerprint density at radius 1 is 0.386 bits per heavy atom. The molecular weight excluding hydrogens is 1200 g/mol. The number of hydrogen-bond donors (Lipinski definition) is 2. The molecule has 6 aromatic heterocycles. The number of fused-ring (bicyclic) bond motifs is 16. The van der Waals surface area contributed by atoms with E-state index in [2.05, 4.69) is 245 Å². The van der Waals surface area contributed by atoms with Gasteiger partial charge in [0.1, 0.15) is 5.75 Å². The zero-order valence-corrected chi connectivity index (χ0v) is 53.3. The number of benzene rings is 5. The van der Waals surface area contributed by atoms with Gasteiger partial charge < -0.3 is 24.7 Å². The number of ether oxygens (including phenoxy) is 1. The molecule has 0 radical (unpaired) electrons. The van der Waals surface area contributed by atoms with Gasteiger partial charge in [-0.15, -0.1) is 22.1 Å². The van der Waals surface area contributed by atoms with Gasteiger partial charge in [0, 0.05) is 33.2 Å². The molecule has 4 aliphatic rings. The van der Waals surface area contributed by atoms with Crippen molar-refractivity contribution in [2.45, 2.75) is 39.0 Å². The molecule has 0 spiro atoms. The van der Waals surface area contributed by atoms with Gasteiger partial charge in [-0.05, 0) is 169 Å². The van der Waals surface area contributed by atoms with Crippen LogP contribution in [0.25, 0.3) is 160 Å². The van der Waals surface area contributed by atoms with Crippen LogP contribution in [0.1, 0.15) is 83.7 Å². The molecule has 16 bridgehead atoms. The largest absolute Gasteiger partial charge is 2.00 e. The molecule has 2 N–H and O–H groups in total. The first kappa shape index (κ1) is 56.0. The Kier molecular flexibility index (Phi) is 15.4. The van der Waals surface area contributed by atoms with Crippen molar-refractivity contribution in [1.29, 1.82) is 0 Å². The Morgan fingerprint density at radius 2 is 0.807 bits per heavy atom. The van der Waals surface area contributed by atoms with Crippen molar-refractivity contribution in [3.63, 3.8) is 0 Å². The Hall–Kier alpha value is -9.80. The summed E-state index contributed by atoms with van der Waals surface area (Å²) >= 11 is 4.00. The van der Waals surface area contributed by atoms with Crippen LogP contribution < -0.4 is 14.7 Å². The molecule has 420 valence electrons. The monoisotopic (exact) mass is 1250 g/mol. The van der Waals surface area contributed by atoms with E-state index in [0.717, 1.165) is 204 Å². The number of nitrogens with one attached hydrogen (secondary N) is 2. The fourth-order valence-corrected chi connectivity index (χ4v) is 13.0. The average molecular weight is 1260 g/mol. The van der Waals surface area contributed by atoms with Crippen molar-refractivity contribution in [3.05, 3.63) is 244 Å². The summed E-state index contributed by atoms with van der Waals surface area (Å²) < 4.78 is 6.56. The number of aromatic amines is 2. The summed E-state index contributed by atoms with van der Waals surface area (Å²) in [6.07, 6.45) is 22.4. The van der Waals surface area contributed by atoms with Crippen LogP contribution >= 0.6 is 15.9 Å². The van der Waals surface area contributed by atoms with Crippen molar-refractivity contribution < 1.29 is 24.2 Å². The van der Waals surface area contributed by atoms with Crippen LogP contribution in [-0.4, -0.2) is 37.0 Å². The van der Waals surface area contributed by atoms with E-state index in [1.165, 1.54) is 0 Å². The van der Waals surface area contributed by atoms with Crippen molar-refractivity contribution in [2.24, 2.45) is 0 Å². The van der Waals surface area contributed by atoms with Crippen LogP contribution in [0.15, 0.2) is 193 Å². The molecule has 10 heterocycles. The Morgan fingerprint density at radius 3 is 1.36 bits per heavy atom. The van der Waals surface area contributed by atoms with Gasteiger partial charge in [0.05, 0.1) is 62.7 Å². The molecule has 4 aliphatic heterocycles. The Balaban J connectivity index is 0.00000680. The van der Waals surface area contributed by atoms with Crippen molar-refractivity contribution in [1.82, 2.24) is 39.9 Å². The van der Waals surface area contributed by atoms with E-state index in [1.807, 2.05) is 24.3 Å². The predicted molar refractivity (Wildman–Crippen MR) is 364 cm³/mol. The van der Waals surface area contributed by atoms with Gasteiger partial charge in [-0.1, -0.05) is 178 Å². The quantitative estimate of drug-likeness (QED) is 0.0923. The molecule has 0 aliphatic carbocycles. The van der Waals surface area contributed by atoms with Crippen molar-refractivity contribution >= 4 is 109 Å². The van der Waals surface area contributed by atoms with Crippen molar-refractivity contribution in [3.8, 4) is 72.5 Å². The predicted octanol–water partition coefficient (Wildman–Crippen LogP) is 19.8. The maximum Gasteiger partial charge on any atom is 2.00 e. The van der Waals surface area contributed by atoms with Crippen LogP contribution in [0, 0.1) is 0 Å². The maximum absolute atomic E-state index is 5.98. The number of halogens is 1. The third-order valence-electron chi connectivity index (χ3n) is 16.7. The molecule has 0 atom stereocenters. The third-order valence-corrected chi connectivity index (χ3v) is 17.5. The number of aryl methyl sites for hydroxylation is 1. The molecule has 88 heavy (non-hydrogen) atoms. The number of aromatic nitrogens is 8. The third kappa shape index (κ3) is 10.4. The van der Waals surface area contributed by atoms with Crippen LogP contribution in [0.5, 0.6) is 5.75 Å². The molecule has 9 nitrogen and oxygen atoms in total. The van der Waals surface area contributed by atoms with Gasteiger partial charge in [0.25, 0.3) is 0 Å². The number of unbranched alkanes of at least 4 members (excludes halogenated alkanes) is 3. The average Bonchev–Trinajstić information content (AvgIpc) is 2.95. The Bertz CT molecular complexity index is 5000. The van der Waals surface area contributed by atoms with E-state index < -0.39 is 0 Å². The zero-order chi connectivity index (χ0) is 58.4. The zero-order valence-electron chi connectivity index (χ0n) is 48.7. The van der Waals surface area contributed by atoms with E-state index >= 15 is 0 Å². The molecule has 0 saturated heterocycles. The summed E-state index contributed by atoms with van der Waals surface area (Å²) in [5.74, 6) is 0.766. The summed E-state index contributed by atoms with van der Waals surface area (Å²) in [5, 5.41) is 0. The smallest absolute Gasteiger partial charge is 0.657 e. The first-order chi connectivity index (χ1) is 42.9.